The lowest BCUT2D eigenvalue weighted by Gasteiger charge is -2.20. The van der Waals surface area contributed by atoms with Gasteiger partial charge in [-0.2, -0.15) is 13.2 Å². The van der Waals surface area contributed by atoms with Crippen LogP contribution in [0.4, 0.5) is 13.2 Å². The molecule has 0 aliphatic heterocycles. The van der Waals surface area contributed by atoms with Crippen LogP contribution in [0.2, 0.25) is 0 Å². The van der Waals surface area contributed by atoms with E-state index in [0.717, 1.165) is 34.4 Å². The van der Waals surface area contributed by atoms with Crippen molar-refractivity contribution in [3.8, 4) is 0 Å². The largest absolute Gasteiger partial charge is 0.465 e. The van der Waals surface area contributed by atoms with E-state index in [0.29, 0.717) is 0 Å². The Bertz CT molecular complexity index is 855. The van der Waals surface area contributed by atoms with Crippen LogP contribution in [0.25, 0.3) is 0 Å². The molecule has 0 N–H and O–H groups in total. The van der Waals surface area contributed by atoms with Crippen molar-refractivity contribution in [2.75, 3.05) is 6.61 Å². The standard InChI is InChI=1S/C22H23F3O2/c1-5-27-20(26)21(18-12-13(2)6-7-14(18)3)15(4)19(21)16-8-10-17(11-9-16)22(23,24)25/h6-12,15,19H,5H2,1-4H3. The minimum atomic E-state index is -4.38. The second-order valence-corrected chi connectivity index (χ2v) is 7.29. The third kappa shape index (κ3) is 3.13. The Kier molecular flexibility index (Phi) is 4.83. The van der Waals surface area contributed by atoms with Crippen molar-refractivity contribution in [1.29, 1.82) is 0 Å². The highest BCUT2D eigenvalue weighted by Gasteiger charge is 2.69. The third-order valence-corrected chi connectivity index (χ3v) is 5.65. The van der Waals surface area contributed by atoms with Crippen LogP contribution in [-0.4, -0.2) is 12.6 Å². The van der Waals surface area contributed by atoms with Crippen LogP contribution in [0.15, 0.2) is 42.5 Å². The quantitative estimate of drug-likeness (QED) is 0.654. The Balaban J connectivity index is 2.08. The molecule has 1 saturated carbocycles. The molecule has 144 valence electrons. The van der Waals surface area contributed by atoms with E-state index in [4.69, 9.17) is 4.74 Å². The first-order valence-electron chi connectivity index (χ1n) is 9.06. The average molecular weight is 376 g/mol. The second kappa shape index (κ2) is 6.70. The maximum atomic E-state index is 13.0. The van der Waals surface area contributed by atoms with E-state index in [1.807, 2.05) is 39.0 Å². The van der Waals surface area contributed by atoms with Crippen molar-refractivity contribution >= 4 is 5.97 Å². The van der Waals surface area contributed by atoms with E-state index in [1.54, 1.807) is 6.92 Å². The van der Waals surface area contributed by atoms with Gasteiger partial charge in [0, 0.05) is 5.92 Å². The van der Waals surface area contributed by atoms with Crippen molar-refractivity contribution < 1.29 is 22.7 Å². The molecule has 0 spiro atoms. The number of ether oxygens (including phenoxy) is 1. The predicted octanol–water partition coefficient (Wildman–Crippen LogP) is 5.56. The molecule has 0 radical (unpaired) electrons. The zero-order valence-corrected chi connectivity index (χ0v) is 15.9. The van der Waals surface area contributed by atoms with Crippen molar-refractivity contribution in [3.05, 3.63) is 70.3 Å². The molecular weight excluding hydrogens is 353 g/mol. The molecule has 2 nitrogen and oxygen atoms in total. The molecule has 5 heteroatoms. The molecule has 0 bridgehead atoms. The van der Waals surface area contributed by atoms with Gasteiger partial charge in [-0.1, -0.05) is 42.8 Å². The Morgan fingerprint density at radius 2 is 1.74 bits per heavy atom. The summed E-state index contributed by atoms with van der Waals surface area (Å²) >= 11 is 0. The number of halogens is 3. The van der Waals surface area contributed by atoms with Crippen LogP contribution in [0.5, 0.6) is 0 Å². The minimum Gasteiger partial charge on any atom is -0.465 e. The maximum absolute atomic E-state index is 13.0. The number of carbonyl (C=O) groups is 1. The number of hydrogen-bond acceptors (Lipinski definition) is 2. The minimum absolute atomic E-state index is 0.0613. The van der Waals surface area contributed by atoms with E-state index < -0.39 is 17.2 Å². The summed E-state index contributed by atoms with van der Waals surface area (Å²) in [5.74, 6) is -0.579. The Morgan fingerprint density at radius 1 is 1.11 bits per heavy atom. The van der Waals surface area contributed by atoms with Crippen molar-refractivity contribution in [3.63, 3.8) is 0 Å². The second-order valence-electron chi connectivity index (χ2n) is 7.29. The zero-order chi connectivity index (χ0) is 20.0. The molecule has 2 aromatic carbocycles. The molecule has 1 fully saturated rings. The number of rotatable bonds is 4. The summed E-state index contributed by atoms with van der Waals surface area (Å²) < 4.78 is 44.0. The van der Waals surface area contributed by atoms with Gasteiger partial charge < -0.3 is 4.74 Å². The first kappa shape index (κ1) is 19.5. The van der Waals surface area contributed by atoms with E-state index >= 15 is 0 Å². The van der Waals surface area contributed by atoms with Gasteiger partial charge in [0.15, 0.2) is 0 Å². The third-order valence-electron chi connectivity index (χ3n) is 5.65. The molecule has 0 heterocycles. The van der Waals surface area contributed by atoms with E-state index in [9.17, 15) is 18.0 Å². The lowest BCUT2D eigenvalue weighted by Crippen LogP contribution is -2.28. The van der Waals surface area contributed by atoms with Gasteiger partial charge in [0.1, 0.15) is 5.41 Å². The lowest BCUT2D eigenvalue weighted by molar-refractivity contribution is -0.147. The summed E-state index contributed by atoms with van der Waals surface area (Å²) in [6.45, 7) is 7.89. The molecule has 0 saturated heterocycles. The van der Waals surface area contributed by atoms with Gasteiger partial charge >= 0.3 is 12.1 Å². The molecule has 3 atom stereocenters. The van der Waals surface area contributed by atoms with Crippen molar-refractivity contribution in [2.45, 2.75) is 45.2 Å². The number of hydrogen-bond donors (Lipinski definition) is 0. The highest BCUT2D eigenvalue weighted by Crippen LogP contribution is 2.66. The number of esters is 1. The van der Waals surface area contributed by atoms with Gasteiger partial charge in [0.25, 0.3) is 0 Å². The fourth-order valence-electron chi connectivity index (χ4n) is 4.26. The smallest absolute Gasteiger partial charge is 0.416 e. The maximum Gasteiger partial charge on any atom is 0.416 e. The average Bonchev–Trinajstić information content (AvgIpc) is 3.23. The van der Waals surface area contributed by atoms with Crippen LogP contribution in [0, 0.1) is 19.8 Å². The summed E-state index contributed by atoms with van der Waals surface area (Å²) in [4.78, 5) is 13.0. The van der Waals surface area contributed by atoms with Crippen LogP contribution in [0.3, 0.4) is 0 Å². The van der Waals surface area contributed by atoms with Gasteiger partial charge in [0.05, 0.1) is 12.2 Å². The highest BCUT2D eigenvalue weighted by atomic mass is 19.4. The van der Waals surface area contributed by atoms with Crippen LogP contribution < -0.4 is 0 Å². The summed E-state index contributed by atoms with van der Waals surface area (Å²) in [5.41, 5.74) is 2.10. The fraction of sp³-hybridized carbons (Fsp3) is 0.409. The number of aryl methyl sites for hydroxylation is 2. The Morgan fingerprint density at radius 3 is 2.30 bits per heavy atom. The summed E-state index contributed by atoms with van der Waals surface area (Å²) in [7, 11) is 0. The molecule has 3 unspecified atom stereocenters. The number of carbonyl (C=O) groups excluding carboxylic acids is 1. The van der Waals surface area contributed by atoms with Gasteiger partial charge in [-0.3, -0.25) is 4.79 Å². The normalized spacial score (nSPS) is 24.6. The monoisotopic (exact) mass is 376 g/mol. The van der Waals surface area contributed by atoms with Crippen LogP contribution in [0.1, 0.15) is 47.6 Å². The van der Waals surface area contributed by atoms with Crippen LogP contribution in [-0.2, 0) is 21.1 Å². The SMILES string of the molecule is CCOC(=O)C1(c2cc(C)ccc2C)C(C)C1c1ccc(C(F)(F)F)cc1. The van der Waals surface area contributed by atoms with Crippen molar-refractivity contribution in [1.82, 2.24) is 0 Å². The summed E-state index contributed by atoms with van der Waals surface area (Å²) in [5, 5.41) is 0. The summed E-state index contributed by atoms with van der Waals surface area (Å²) in [6.07, 6.45) is -4.38. The molecule has 1 aliphatic rings. The number of alkyl halides is 3. The molecule has 2 aromatic rings. The van der Waals surface area contributed by atoms with Gasteiger partial charge in [-0.25, -0.2) is 0 Å². The molecule has 0 aromatic heterocycles. The topological polar surface area (TPSA) is 26.3 Å². The van der Waals surface area contributed by atoms with E-state index in [-0.39, 0.29) is 24.4 Å². The van der Waals surface area contributed by atoms with Crippen molar-refractivity contribution in [2.24, 2.45) is 5.92 Å². The molecule has 1 aliphatic carbocycles. The fourth-order valence-corrected chi connectivity index (χ4v) is 4.26. The molecular formula is C22H23F3O2. The number of benzene rings is 2. The Hall–Kier alpha value is -2.30. The Labute approximate surface area is 157 Å². The van der Waals surface area contributed by atoms with E-state index in [2.05, 4.69) is 0 Å². The van der Waals surface area contributed by atoms with Gasteiger partial charge in [-0.15, -0.1) is 0 Å². The first-order valence-corrected chi connectivity index (χ1v) is 9.06. The highest BCUT2D eigenvalue weighted by molar-refractivity contribution is 5.91. The predicted molar refractivity (Wildman–Crippen MR) is 97.6 cm³/mol. The van der Waals surface area contributed by atoms with Gasteiger partial charge in [0.2, 0.25) is 0 Å². The molecule has 0 amide bonds. The molecule has 27 heavy (non-hydrogen) atoms. The zero-order valence-electron chi connectivity index (χ0n) is 15.9. The van der Waals surface area contributed by atoms with E-state index in [1.165, 1.54) is 12.1 Å². The molecule has 3 rings (SSSR count). The summed E-state index contributed by atoms with van der Waals surface area (Å²) in [6, 6.07) is 11.1. The lowest BCUT2D eigenvalue weighted by atomic mass is 9.86. The first-order chi connectivity index (χ1) is 12.6. The van der Waals surface area contributed by atoms with Gasteiger partial charge in [-0.05, 0) is 55.5 Å². The van der Waals surface area contributed by atoms with Crippen LogP contribution >= 0.6 is 0 Å².